The standard InChI is InChI=1S/C24H31Cl2N3O4S/c1-6-22(24(31)27-16(2)3)28(14-18-9-7-8-10-20(18)25)23(30)15-29(34(5,32)33)19-12-11-17(4)21(26)13-19/h7-13,16,22H,6,14-15H2,1-5H3,(H,27,31)/t22-/m1/s1. The molecule has 1 atom stereocenters. The summed E-state index contributed by atoms with van der Waals surface area (Å²) in [6.07, 6.45) is 1.36. The number of carbonyl (C=O) groups is 2. The number of hydrogen-bond acceptors (Lipinski definition) is 4. The van der Waals surface area contributed by atoms with E-state index >= 15 is 0 Å². The van der Waals surface area contributed by atoms with Gasteiger partial charge in [0.05, 0.1) is 11.9 Å². The van der Waals surface area contributed by atoms with Gasteiger partial charge in [-0.2, -0.15) is 0 Å². The van der Waals surface area contributed by atoms with Gasteiger partial charge in [0, 0.05) is 22.6 Å². The molecule has 0 saturated carbocycles. The SMILES string of the molecule is CC[C@H](C(=O)NC(C)C)N(Cc1ccccc1Cl)C(=O)CN(c1ccc(C)c(Cl)c1)S(C)(=O)=O. The fourth-order valence-corrected chi connectivity index (χ4v) is 4.67. The van der Waals surface area contributed by atoms with Crippen molar-refractivity contribution in [3.8, 4) is 0 Å². The fraction of sp³-hybridized carbons (Fsp3) is 0.417. The summed E-state index contributed by atoms with van der Waals surface area (Å²) in [4.78, 5) is 27.9. The molecular weight excluding hydrogens is 497 g/mol. The summed E-state index contributed by atoms with van der Waals surface area (Å²) in [6, 6.07) is 10.9. The number of sulfonamides is 1. The maximum absolute atomic E-state index is 13.6. The van der Waals surface area contributed by atoms with Crippen molar-refractivity contribution in [2.45, 2.75) is 52.7 Å². The van der Waals surface area contributed by atoms with E-state index in [0.717, 1.165) is 16.1 Å². The first-order chi connectivity index (χ1) is 15.8. The van der Waals surface area contributed by atoms with Gasteiger partial charge >= 0.3 is 0 Å². The molecule has 0 aromatic heterocycles. The van der Waals surface area contributed by atoms with Gasteiger partial charge in [-0.15, -0.1) is 0 Å². The highest BCUT2D eigenvalue weighted by Gasteiger charge is 2.32. The molecule has 0 unspecified atom stereocenters. The predicted octanol–water partition coefficient (Wildman–Crippen LogP) is 4.40. The predicted molar refractivity (Wildman–Crippen MR) is 138 cm³/mol. The number of nitrogens with zero attached hydrogens (tertiary/aromatic N) is 2. The van der Waals surface area contributed by atoms with Crippen LogP contribution in [0.1, 0.15) is 38.3 Å². The molecule has 1 N–H and O–H groups in total. The molecule has 2 rings (SSSR count). The van der Waals surface area contributed by atoms with Crippen molar-refractivity contribution in [3.63, 3.8) is 0 Å². The first-order valence-corrected chi connectivity index (χ1v) is 13.5. The summed E-state index contributed by atoms with van der Waals surface area (Å²) in [5.74, 6) is -0.852. The molecular formula is C24H31Cl2N3O4S. The van der Waals surface area contributed by atoms with Gasteiger partial charge in [0.2, 0.25) is 21.8 Å². The summed E-state index contributed by atoms with van der Waals surface area (Å²) in [5.41, 5.74) is 1.70. The number of anilines is 1. The van der Waals surface area contributed by atoms with Crippen molar-refractivity contribution in [2.75, 3.05) is 17.1 Å². The highest BCUT2D eigenvalue weighted by Crippen LogP contribution is 2.26. The van der Waals surface area contributed by atoms with Crippen molar-refractivity contribution in [3.05, 3.63) is 63.6 Å². The molecule has 2 aromatic carbocycles. The third-order valence-corrected chi connectivity index (χ3v) is 7.15. The summed E-state index contributed by atoms with van der Waals surface area (Å²) in [5, 5.41) is 3.68. The molecule has 0 fully saturated rings. The Hall–Kier alpha value is -2.29. The van der Waals surface area contributed by atoms with Crippen LogP contribution in [0.25, 0.3) is 0 Å². The molecule has 0 aliphatic carbocycles. The number of rotatable bonds is 10. The minimum absolute atomic E-state index is 0.0504. The van der Waals surface area contributed by atoms with Crippen LogP contribution in [0.5, 0.6) is 0 Å². The molecule has 0 saturated heterocycles. The van der Waals surface area contributed by atoms with Crippen LogP contribution in [0.15, 0.2) is 42.5 Å². The van der Waals surface area contributed by atoms with E-state index in [-0.39, 0.29) is 24.2 Å². The molecule has 2 aromatic rings. The Balaban J connectivity index is 2.48. The lowest BCUT2D eigenvalue weighted by Gasteiger charge is -2.33. The van der Waals surface area contributed by atoms with E-state index in [1.807, 2.05) is 13.8 Å². The maximum atomic E-state index is 13.6. The van der Waals surface area contributed by atoms with Crippen LogP contribution in [0.3, 0.4) is 0 Å². The molecule has 0 aliphatic heterocycles. The third-order valence-electron chi connectivity index (χ3n) is 5.24. The van der Waals surface area contributed by atoms with E-state index in [9.17, 15) is 18.0 Å². The normalized spacial score (nSPS) is 12.4. The van der Waals surface area contributed by atoms with E-state index in [1.165, 1.54) is 11.0 Å². The van der Waals surface area contributed by atoms with Crippen LogP contribution in [0, 0.1) is 6.92 Å². The Bertz CT molecular complexity index is 1140. The van der Waals surface area contributed by atoms with Gasteiger partial charge in [-0.3, -0.25) is 13.9 Å². The third kappa shape index (κ3) is 7.35. The Kier molecular flexibility index (Phi) is 9.79. The van der Waals surface area contributed by atoms with E-state index in [2.05, 4.69) is 5.32 Å². The summed E-state index contributed by atoms with van der Waals surface area (Å²) < 4.78 is 26.3. The zero-order valence-electron chi connectivity index (χ0n) is 20.0. The molecule has 7 nitrogen and oxygen atoms in total. The second kappa shape index (κ2) is 11.9. The van der Waals surface area contributed by atoms with Gasteiger partial charge in [0.15, 0.2) is 0 Å². The fourth-order valence-electron chi connectivity index (χ4n) is 3.46. The molecule has 0 radical (unpaired) electrons. The lowest BCUT2D eigenvalue weighted by Crippen LogP contribution is -2.53. The quantitative estimate of drug-likeness (QED) is 0.495. The smallest absolute Gasteiger partial charge is 0.244 e. The molecule has 0 heterocycles. The second-order valence-corrected chi connectivity index (χ2v) is 11.1. The van der Waals surface area contributed by atoms with Crippen LogP contribution >= 0.6 is 23.2 Å². The van der Waals surface area contributed by atoms with Gasteiger partial charge in [-0.25, -0.2) is 8.42 Å². The second-order valence-electron chi connectivity index (χ2n) is 8.40. The first-order valence-electron chi connectivity index (χ1n) is 10.9. The minimum atomic E-state index is -3.83. The molecule has 0 aliphatic rings. The van der Waals surface area contributed by atoms with E-state index in [0.29, 0.717) is 22.0 Å². The first kappa shape index (κ1) is 28.0. The van der Waals surface area contributed by atoms with Crippen molar-refractivity contribution in [2.24, 2.45) is 0 Å². The van der Waals surface area contributed by atoms with Crippen LogP contribution < -0.4 is 9.62 Å². The van der Waals surface area contributed by atoms with Crippen LogP contribution in [0.4, 0.5) is 5.69 Å². The maximum Gasteiger partial charge on any atom is 0.244 e. The zero-order valence-corrected chi connectivity index (χ0v) is 22.3. The lowest BCUT2D eigenvalue weighted by atomic mass is 10.1. The molecule has 186 valence electrons. The number of hydrogen-bond donors (Lipinski definition) is 1. The largest absolute Gasteiger partial charge is 0.352 e. The van der Waals surface area contributed by atoms with Gasteiger partial charge < -0.3 is 10.2 Å². The lowest BCUT2D eigenvalue weighted by molar-refractivity contribution is -0.140. The van der Waals surface area contributed by atoms with E-state index in [1.54, 1.807) is 50.2 Å². The van der Waals surface area contributed by atoms with Gasteiger partial charge in [0.1, 0.15) is 12.6 Å². The highest BCUT2D eigenvalue weighted by atomic mass is 35.5. The van der Waals surface area contributed by atoms with Gasteiger partial charge in [-0.1, -0.05) is 54.4 Å². The van der Waals surface area contributed by atoms with Gasteiger partial charge in [0.25, 0.3) is 0 Å². The average Bonchev–Trinajstić information content (AvgIpc) is 2.73. The molecule has 34 heavy (non-hydrogen) atoms. The van der Waals surface area contributed by atoms with Crippen molar-refractivity contribution in [1.29, 1.82) is 0 Å². The topological polar surface area (TPSA) is 86.8 Å². The van der Waals surface area contributed by atoms with Crippen LogP contribution in [-0.2, 0) is 26.2 Å². The number of carbonyl (C=O) groups excluding carboxylic acids is 2. The molecule has 10 heteroatoms. The van der Waals surface area contributed by atoms with E-state index in [4.69, 9.17) is 23.2 Å². The molecule has 2 amide bonds. The summed E-state index contributed by atoms with van der Waals surface area (Å²) >= 11 is 12.5. The zero-order chi connectivity index (χ0) is 25.6. The Morgan fingerprint density at radius 2 is 1.71 bits per heavy atom. The number of amides is 2. The molecule has 0 bridgehead atoms. The van der Waals surface area contributed by atoms with Gasteiger partial charge in [-0.05, 0) is 56.5 Å². The van der Waals surface area contributed by atoms with Crippen molar-refractivity contribution in [1.82, 2.24) is 10.2 Å². The monoisotopic (exact) mass is 527 g/mol. The number of halogens is 2. The van der Waals surface area contributed by atoms with Crippen molar-refractivity contribution < 1.29 is 18.0 Å². The average molecular weight is 529 g/mol. The van der Waals surface area contributed by atoms with Crippen LogP contribution in [0.2, 0.25) is 10.0 Å². The van der Waals surface area contributed by atoms with Crippen molar-refractivity contribution >= 4 is 50.7 Å². The number of aryl methyl sites for hydroxylation is 1. The number of nitrogens with one attached hydrogen (secondary N) is 1. The van der Waals surface area contributed by atoms with Crippen LogP contribution in [-0.4, -0.2) is 50.0 Å². The Morgan fingerprint density at radius 1 is 1.06 bits per heavy atom. The number of benzene rings is 2. The Labute approximate surface area is 212 Å². The van der Waals surface area contributed by atoms with E-state index < -0.39 is 28.5 Å². The summed E-state index contributed by atoms with van der Waals surface area (Å²) in [7, 11) is -3.83. The minimum Gasteiger partial charge on any atom is -0.352 e. The summed E-state index contributed by atoms with van der Waals surface area (Å²) in [6.45, 7) is 6.82. The Morgan fingerprint density at radius 3 is 2.24 bits per heavy atom. The highest BCUT2D eigenvalue weighted by molar-refractivity contribution is 7.92. The molecule has 0 spiro atoms.